The maximum atomic E-state index is 12.9. The van der Waals surface area contributed by atoms with Crippen LogP contribution in [-0.4, -0.2) is 28.8 Å². The molecule has 184 valence electrons. The Labute approximate surface area is 205 Å². The number of H-pyrrole nitrogens is 1. The van der Waals surface area contributed by atoms with Crippen molar-refractivity contribution in [3.8, 4) is 11.6 Å². The van der Waals surface area contributed by atoms with Crippen LogP contribution in [-0.2, 0) is 36.9 Å². The van der Waals surface area contributed by atoms with Crippen molar-refractivity contribution in [1.82, 2.24) is 4.98 Å². The maximum absolute atomic E-state index is 12.9. The van der Waals surface area contributed by atoms with Crippen molar-refractivity contribution in [2.75, 3.05) is 6.61 Å². The molecule has 0 bridgehead atoms. The number of carbonyl (C=O) groups is 1. The number of aliphatic carboxylic acids is 1. The lowest BCUT2D eigenvalue weighted by Crippen LogP contribution is -2.29. The van der Waals surface area contributed by atoms with Gasteiger partial charge in [-0.15, -0.1) is 0 Å². The van der Waals surface area contributed by atoms with E-state index in [4.69, 9.17) is 14.6 Å². The van der Waals surface area contributed by atoms with Gasteiger partial charge in [0.05, 0.1) is 0 Å². The Hall–Kier alpha value is -3.54. The summed E-state index contributed by atoms with van der Waals surface area (Å²) in [5.74, 6) is 0.359. The van der Waals surface area contributed by atoms with E-state index in [9.17, 15) is 9.59 Å². The van der Waals surface area contributed by atoms with Crippen LogP contribution in [0.4, 0.5) is 0 Å². The third-order valence-electron chi connectivity index (χ3n) is 6.44. The molecule has 1 aromatic heterocycles. The van der Waals surface area contributed by atoms with Crippen LogP contribution in [0, 0.1) is 0 Å². The van der Waals surface area contributed by atoms with Gasteiger partial charge in [0.15, 0.2) is 11.3 Å². The topological polar surface area (TPSA) is 88.6 Å². The molecular weight excluding hydrogens is 442 g/mol. The Morgan fingerprint density at radius 3 is 2.54 bits per heavy atom. The third-order valence-corrected chi connectivity index (χ3v) is 6.44. The lowest BCUT2D eigenvalue weighted by atomic mass is 10.00. The quantitative estimate of drug-likeness (QED) is 0.412. The van der Waals surface area contributed by atoms with Crippen LogP contribution >= 0.6 is 0 Å². The first kappa shape index (κ1) is 24.6. The number of aromatic nitrogens is 1. The maximum Gasteiger partial charge on any atom is 0.303 e. The Balaban J connectivity index is 1.46. The zero-order valence-corrected chi connectivity index (χ0v) is 20.2. The van der Waals surface area contributed by atoms with Crippen molar-refractivity contribution < 1.29 is 19.4 Å². The van der Waals surface area contributed by atoms with Gasteiger partial charge >= 0.3 is 5.97 Å². The number of aryl methyl sites for hydroxylation is 4. The Morgan fingerprint density at radius 2 is 1.80 bits per heavy atom. The second-order valence-corrected chi connectivity index (χ2v) is 9.11. The highest BCUT2D eigenvalue weighted by atomic mass is 16.5. The molecule has 6 heteroatoms. The predicted octanol–water partition coefficient (Wildman–Crippen LogP) is 4.90. The van der Waals surface area contributed by atoms with E-state index in [-0.39, 0.29) is 24.4 Å². The van der Waals surface area contributed by atoms with E-state index in [1.165, 1.54) is 22.8 Å². The number of ether oxygens (including phenoxy) is 2. The zero-order valence-electron chi connectivity index (χ0n) is 20.2. The molecule has 3 aromatic rings. The summed E-state index contributed by atoms with van der Waals surface area (Å²) >= 11 is 0. The van der Waals surface area contributed by atoms with Gasteiger partial charge in [0.1, 0.15) is 18.5 Å². The molecule has 0 saturated heterocycles. The first-order chi connectivity index (χ1) is 17.0. The second-order valence-electron chi connectivity index (χ2n) is 9.11. The number of nitrogens with one attached hydrogen (secondary N) is 1. The number of rotatable bonds is 11. The van der Waals surface area contributed by atoms with Gasteiger partial charge < -0.3 is 19.6 Å². The van der Waals surface area contributed by atoms with Gasteiger partial charge in [-0.2, -0.15) is 0 Å². The van der Waals surface area contributed by atoms with Crippen molar-refractivity contribution >= 4 is 5.97 Å². The number of carboxylic acid groups (broad SMARTS) is 1. The van der Waals surface area contributed by atoms with Crippen molar-refractivity contribution in [1.29, 1.82) is 0 Å². The molecule has 35 heavy (non-hydrogen) atoms. The minimum atomic E-state index is -0.920. The zero-order chi connectivity index (χ0) is 24.6. The number of carboxylic acids is 1. The summed E-state index contributed by atoms with van der Waals surface area (Å²) in [4.78, 5) is 27.3. The summed E-state index contributed by atoms with van der Waals surface area (Å²) in [6.07, 6.45) is 5.30. The highest BCUT2D eigenvalue weighted by Gasteiger charge is 2.20. The Bertz CT molecular complexity index is 1200. The van der Waals surface area contributed by atoms with Crippen LogP contribution in [0.5, 0.6) is 11.6 Å². The van der Waals surface area contributed by atoms with Gasteiger partial charge in [-0.25, -0.2) is 0 Å². The van der Waals surface area contributed by atoms with Crippen molar-refractivity contribution in [3.05, 3.63) is 92.8 Å². The highest BCUT2D eigenvalue weighted by Crippen LogP contribution is 2.27. The van der Waals surface area contributed by atoms with E-state index in [1.54, 1.807) is 0 Å². The number of para-hydroxylation sites is 1. The summed E-state index contributed by atoms with van der Waals surface area (Å²) in [6.45, 7) is 2.49. The summed E-state index contributed by atoms with van der Waals surface area (Å²) in [6, 6.07) is 18.0. The van der Waals surface area contributed by atoms with Crippen LogP contribution in [0.15, 0.2) is 59.4 Å². The van der Waals surface area contributed by atoms with Gasteiger partial charge in [-0.1, -0.05) is 55.8 Å². The van der Waals surface area contributed by atoms with Gasteiger partial charge in [-0.05, 0) is 61.3 Å². The van der Waals surface area contributed by atoms with Gasteiger partial charge in [0.25, 0.3) is 0 Å². The average molecular weight is 476 g/mol. The summed E-state index contributed by atoms with van der Waals surface area (Å²) in [5, 5.41) is 9.14. The molecule has 1 aliphatic heterocycles. The van der Waals surface area contributed by atoms with E-state index in [0.717, 1.165) is 43.5 Å². The van der Waals surface area contributed by atoms with E-state index in [0.29, 0.717) is 24.5 Å². The first-order valence-electron chi connectivity index (χ1n) is 12.4. The number of pyridine rings is 1. The molecule has 4 rings (SSSR count). The fourth-order valence-electron chi connectivity index (χ4n) is 4.52. The molecule has 0 fully saturated rings. The fourth-order valence-corrected chi connectivity index (χ4v) is 4.52. The summed E-state index contributed by atoms with van der Waals surface area (Å²) in [5.41, 5.74) is 4.75. The number of hydrogen-bond acceptors (Lipinski definition) is 4. The normalized spacial score (nSPS) is 14.7. The molecule has 0 saturated carbocycles. The number of aromatic amines is 1. The molecule has 2 aromatic carbocycles. The number of fused-ring (bicyclic) bond motifs is 1. The molecule has 1 aliphatic rings. The molecule has 6 nitrogen and oxygen atoms in total. The van der Waals surface area contributed by atoms with Gasteiger partial charge in [0, 0.05) is 23.7 Å². The third kappa shape index (κ3) is 6.75. The van der Waals surface area contributed by atoms with Crippen LogP contribution in [0.1, 0.15) is 54.1 Å². The molecule has 0 radical (unpaired) electrons. The van der Waals surface area contributed by atoms with E-state index < -0.39 is 5.97 Å². The van der Waals surface area contributed by atoms with Gasteiger partial charge in [-0.3, -0.25) is 9.59 Å². The van der Waals surface area contributed by atoms with Crippen molar-refractivity contribution in [2.24, 2.45) is 0 Å². The van der Waals surface area contributed by atoms with E-state index >= 15 is 0 Å². The molecule has 1 atom stereocenters. The smallest absolute Gasteiger partial charge is 0.303 e. The predicted molar refractivity (Wildman–Crippen MR) is 136 cm³/mol. The van der Waals surface area contributed by atoms with Gasteiger partial charge in [0.2, 0.25) is 0 Å². The molecular formula is C29H33NO5. The van der Waals surface area contributed by atoms with E-state index in [1.807, 2.05) is 18.2 Å². The lowest BCUT2D eigenvalue weighted by molar-refractivity contribution is -0.136. The second kappa shape index (κ2) is 11.7. The molecule has 0 amide bonds. The molecule has 2 N–H and O–H groups in total. The number of benzene rings is 2. The Morgan fingerprint density at radius 1 is 1.06 bits per heavy atom. The molecule has 0 aliphatic carbocycles. The van der Waals surface area contributed by atoms with Crippen molar-refractivity contribution in [2.45, 2.75) is 64.4 Å². The molecule has 0 spiro atoms. The average Bonchev–Trinajstić information content (AvgIpc) is 2.86. The fraction of sp³-hybridized carbons (Fsp3) is 0.379. The van der Waals surface area contributed by atoms with Crippen LogP contribution < -0.4 is 14.9 Å². The molecule has 1 unspecified atom stereocenters. The highest BCUT2D eigenvalue weighted by molar-refractivity contribution is 5.67. The van der Waals surface area contributed by atoms with Crippen molar-refractivity contribution in [3.63, 3.8) is 0 Å². The van der Waals surface area contributed by atoms with Crippen LogP contribution in [0.25, 0.3) is 0 Å². The lowest BCUT2D eigenvalue weighted by Gasteiger charge is -2.26. The monoisotopic (exact) mass is 475 g/mol. The standard InChI is InChI=1S/C29H33NO5/c1-2-5-20-8-10-21(11-9-20)12-16-25-24(15-17-29(32)33)26(31)18-28(30-25)34-19-23-14-13-22-6-3-4-7-27(22)35-23/h3-4,6-11,18,23H,2,5,12-17,19H2,1H3,(H,30,31)(H,32,33). The van der Waals surface area contributed by atoms with E-state index in [2.05, 4.69) is 42.2 Å². The Kier molecular flexibility index (Phi) is 8.24. The SMILES string of the molecule is CCCc1ccc(CCc2[nH]c(OCC3CCc4ccccc4O3)cc(=O)c2CCC(=O)O)cc1. The largest absolute Gasteiger partial charge is 0.487 e. The summed E-state index contributed by atoms with van der Waals surface area (Å²) in [7, 11) is 0. The van der Waals surface area contributed by atoms with Crippen LogP contribution in [0.2, 0.25) is 0 Å². The minimum absolute atomic E-state index is 0.0860. The molecule has 2 heterocycles. The summed E-state index contributed by atoms with van der Waals surface area (Å²) < 4.78 is 12.0. The number of hydrogen-bond donors (Lipinski definition) is 2. The first-order valence-corrected chi connectivity index (χ1v) is 12.4. The van der Waals surface area contributed by atoms with Crippen LogP contribution in [0.3, 0.4) is 0 Å². The minimum Gasteiger partial charge on any atom is -0.487 e.